The summed E-state index contributed by atoms with van der Waals surface area (Å²) in [5.74, 6) is 0.373. The second-order valence-electron chi connectivity index (χ2n) is 5.39. The lowest BCUT2D eigenvalue weighted by Crippen LogP contribution is -2.44. The van der Waals surface area contributed by atoms with Crippen LogP contribution in [0.3, 0.4) is 0 Å². The smallest absolute Gasteiger partial charge is 0.226 e. The van der Waals surface area contributed by atoms with E-state index in [4.69, 9.17) is 0 Å². The zero-order valence-electron chi connectivity index (χ0n) is 12.0. The van der Waals surface area contributed by atoms with E-state index in [-0.39, 0.29) is 17.9 Å². The quantitative estimate of drug-likeness (QED) is 0.848. The molecule has 0 saturated carbocycles. The number of rotatable bonds is 3. The van der Waals surface area contributed by atoms with Gasteiger partial charge >= 0.3 is 0 Å². The van der Waals surface area contributed by atoms with E-state index in [0.717, 1.165) is 19.5 Å². The van der Waals surface area contributed by atoms with Gasteiger partial charge in [0, 0.05) is 35.8 Å². The van der Waals surface area contributed by atoms with E-state index in [9.17, 15) is 4.79 Å². The van der Waals surface area contributed by atoms with Crippen LogP contribution in [-0.2, 0) is 11.3 Å². The van der Waals surface area contributed by atoms with Crippen molar-refractivity contribution in [3.8, 4) is 0 Å². The lowest BCUT2D eigenvalue weighted by Gasteiger charge is -2.38. The van der Waals surface area contributed by atoms with Crippen molar-refractivity contribution in [2.45, 2.75) is 32.9 Å². The van der Waals surface area contributed by atoms with Crippen LogP contribution in [0.25, 0.3) is 0 Å². The van der Waals surface area contributed by atoms with Gasteiger partial charge in [0.05, 0.1) is 0 Å². The Morgan fingerprint density at radius 3 is 2.95 bits per heavy atom. The maximum Gasteiger partial charge on any atom is 0.226 e. The molecular weight excluding hydrogens is 268 g/mol. The minimum Gasteiger partial charge on any atom is -0.347 e. The van der Waals surface area contributed by atoms with Crippen LogP contribution >= 0.6 is 11.3 Å². The summed E-state index contributed by atoms with van der Waals surface area (Å²) in [6, 6.07) is 8.50. The first-order valence-electron chi connectivity index (χ1n) is 7.21. The first-order valence-corrected chi connectivity index (χ1v) is 8.09. The molecule has 106 valence electrons. The Hall–Kier alpha value is -1.55. The van der Waals surface area contributed by atoms with Crippen molar-refractivity contribution in [1.82, 2.24) is 9.47 Å². The molecule has 20 heavy (non-hydrogen) atoms. The van der Waals surface area contributed by atoms with Crippen molar-refractivity contribution in [3.05, 3.63) is 46.4 Å². The second kappa shape index (κ2) is 5.44. The zero-order valence-corrected chi connectivity index (χ0v) is 12.8. The minimum absolute atomic E-state index is 0.0836. The fraction of sp³-hybridized carbons (Fsp3) is 0.438. The van der Waals surface area contributed by atoms with Crippen LogP contribution in [0.2, 0.25) is 0 Å². The van der Waals surface area contributed by atoms with Gasteiger partial charge in [0.15, 0.2) is 0 Å². The Kier molecular flexibility index (Phi) is 3.66. The number of aromatic nitrogens is 1. The molecule has 3 nitrogen and oxygen atoms in total. The molecule has 0 bridgehead atoms. The predicted molar refractivity (Wildman–Crippen MR) is 81.8 cm³/mol. The fourth-order valence-electron chi connectivity index (χ4n) is 2.82. The highest BCUT2D eigenvalue weighted by Gasteiger charge is 2.34. The first-order chi connectivity index (χ1) is 9.72. The van der Waals surface area contributed by atoms with Gasteiger partial charge in [-0.15, -0.1) is 11.3 Å². The summed E-state index contributed by atoms with van der Waals surface area (Å²) in [7, 11) is 0. The van der Waals surface area contributed by atoms with Crippen LogP contribution in [0, 0.1) is 5.92 Å². The topological polar surface area (TPSA) is 25.2 Å². The van der Waals surface area contributed by atoms with Crippen molar-refractivity contribution < 1.29 is 4.79 Å². The lowest BCUT2D eigenvalue weighted by molar-refractivity contribution is -0.137. The molecule has 1 aliphatic heterocycles. The Labute approximate surface area is 123 Å². The molecule has 0 aliphatic carbocycles. The van der Waals surface area contributed by atoms with Gasteiger partial charge in [0.25, 0.3) is 0 Å². The molecule has 1 aliphatic rings. The summed E-state index contributed by atoms with van der Waals surface area (Å²) in [5.41, 5.74) is 1.23. The van der Waals surface area contributed by atoms with Gasteiger partial charge in [-0.25, -0.2) is 0 Å². The number of fused-ring (bicyclic) bond motifs is 1. The first kappa shape index (κ1) is 13.4. The molecule has 2 atom stereocenters. The molecule has 0 spiro atoms. The highest BCUT2D eigenvalue weighted by atomic mass is 32.1. The van der Waals surface area contributed by atoms with Crippen molar-refractivity contribution in [2.24, 2.45) is 5.92 Å². The maximum absolute atomic E-state index is 12.7. The number of hydrogen-bond acceptors (Lipinski definition) is 2. The number of thiophene rings is 1. The Bertz CT molecular complexity index is 587. The third kappa shape index (κ3) is 2.18. The third-order valence-electron chi connectivity index (χ3n) is 4.17. The van der Waals surface area contributed by atoms with Crippen LogP contribution in [0.15, 0.2) is 35.8 Å². The van der Waals surface area contributed by atoms with Crippen molar-refractivity contribution in [1.29, 1.82) is 0 Å². The Balaban J connectivity index is 2.00. The van der Waals surface area contributed by atoms with Gasteiger partial charge in [0.2, 0.25) is 5.91 Å². The van der Waals surface area contributed by atoms with Gasteiger partial charge in [-0.05, 0) is 30.0 Å². The molecule has 0 unspecified atom stereocenters. The molecule has 0 saturated heterocycles. The standard InChI is InChI=1S/C16H20N2OS/c1-3-12(2)16(19)18-10-9-17-8-4-6-13(17)15(18)14-7-5-11-20-14/h4-8,11-12,15H,3,9-10H2,1-2H3/t12-,15+/m1/s1. The Morgan fingerprint density at radius 1 is 1.40 bits per heavy atom. The van der Waals surface area contributed by atoms with E-state index < -0.39 is 0 Å². The molecule has 2 aromatic rings. The SMILES string of the molecule is CC[C@@H](C)C(=O)N1CCn2cccc2[C@H]1c1cccs1. The van der Waals surface area contributed by atoms with E-state index in [1.165, 1.54) is 10.6 Å². The highest BCUT2D eigenvalue weighted by Crippen LogP contribution is 2.35. The molecule has 4 heteroatoms. The van der Waals surface area contributed by atoms with E-state index in [0.29, 0.717) is 0 Å². The monoisotopic (exact) mass is 288 g/mol. The van der Waals surface area contributed by atoms with Crippen molar-refractivity contribution in [2.75, 3.05) is 6.54 Å². The molecular formula is C16H20N2OS. The van der Waals surface area contributed by atoms with Gasteiger partial charge in [-0.2, -0.15) is 0 Å². The minimum atomic E-state index is 0.0836. The van der Waals surface area contributed by atoms with Crippen LogP contribution in [0.4, 0.5) is 0 Å². The number of amides is 1. The maximum atomic E-state index is 12.7. The van der Waals surface area contributed by atoms with Gasteiger partial charge < -0.3 is 9.47 Å². The fourth-order valence-corrected chi connectivity index (χ4v) is 3.67. The summed E-state index contributed by atoms with van der Waals surface area (Å²) in [6.45, 7) is 5.80. The number of nitrogens with zero attached hydrogens (tertiary/aromatic N) is 2. The summed E-state index contributed by atoms with van der Waals surface area (Å²) in [6.07, 6.45) is 3.01. The van der Waals surface area contributed by atoms with Crippen molar-refractivity contribution >= 4 is 17.2 Å². The normalized spacial score (nSPS) is 19.7. The zero-order chi connectivity index (χ0) is 14.1. The number of carbonyl (C=O) groups is 1. The van der Waals surface area contributed by atoms with Crippen LogP contribution < -0.4 is 0 Å². The number of hydrogen-bond donors (Lipinski definition) is 0. The lowest BCUT2D eigenvalue weighted by atomic mass is 10.0. The van der Waals surface area contributed by atoms with Gasteiger partial charge in [-0.3, -0.25) is 4.79 Å². The van der Waals surface area contributed by atoms with Gasteiger partial charge in [0.1, 0.15) is 6.04 Å². The molecule has 0 radical (unpaired) electrons. The molecule has 2 aromatic heterocycles. The van der Waals surface area contributed by atoms with E-state index >= 15 is 0 Å². The molecule has 3 rings (SSSR count). The molecule has 0 N–H and O–H groups in total. The summed E-state index contributed by atoms with van der Waals surface area (Å²) >= 11 is 1.73. The summed E-state index contributed by atoms with van der Waals surface area (Å²) < 4.78 is 2.27. The van der Waals surface area contributed by atoms with Crippen molar-refractivity contribution in [3.63, 3.8) is 0 Å². The van der Waals surface area contributed by atoms with Gasteiger partial charge in [-0.1, -0.05) is 19.9 Å². The Morgan fingerprint density at radius 2 is 2.25 bits per heavy atom. The average Bonchev–Trinajstić information content (AvgIpc) is 3.15. The summed E-state index contributed by atoms with van der Waals surface area (Å²) in [5, 5.41) is 2.09. The summed E-state index contributed by atoms with van der Waals surface area (Å²) in [4.78, 5) is 16.0. The van der Waals surface area contributed by atoms with Crippen LogP contribution in [0.1, 0.15) is 36.9 Å². The largest absolute Gasteiger partial charge is 0.347 e. The number of carbonyl (C=O) groups excluding carboxylic acids is 1. The molecule has 0 fully saturated rings. The highest BCUT2D eigenvalue weighted by molar-refractivity contribution is 7.10. The van der Waals surface area contributed by atoms with E-state index in [2.05, 4.69) is 52.2 Å². The molecule has 3 heterocycles. The van der Waals surface area contributed by atoms with E-state index in [1.54, 1.807) is 11.3 Å². The van der Waals surface area contributed by atoms with Crippen LogP contribution in [-0.4, -0.2) is 21.9 Å². The third-order valence-corrected chi connectivity index (χ3v) is 5.09. The second-order valence-corrected chi connectivity index (χ2v) is 6.36. The molecule has 0 aromatic carbocycles. The average molecular weight is 288 g/mol. The molecule has 1 amide bonds. The van der Waals surface area contributed by atoms with Crippen LogP contribution in [0.5, 0.6) is 0 Å². The van der Waals surface area contributed by atoms with E-state index in [1.807, 2.05) is 6.92 Å². The predicted octanol–water partition coefficient (Wildman–Crippen LogP) is 3.53.